The second kappa shape index (κ2) is 7.65. The van der Waals surface area contributed by atoms with Gasteiger partial charge >= 0.3 is 6.18 Å². The lowest BCUT2D eigenvalue weighted by Crippen LogP contribution is -2.33. The van der Waals surface area contributed by atoms with Gasteiger partial charge in [-0.1, -0.05) is 31.4 Å². The Bertz CT molecular complexity index is 518. The van der Waals surface area contributed by atoms with Crippen LogP contribution in [0, 0.1) is 0 Å². The van der Waals surface area contributed by atoms with Gasteiger partial charge in [-0.2, -0.15) is 18.3 Å². The molecule has 1 rings (SSSR count). The number of anilines is 1. The van der Waals surface area contributed by atoms with Crippen molar-refractivity contribution < 1.29 is 13.2 Å². The number of unbranched alkanes of at least 4 members (excludes halogenated alkanes) is 1. The molecule has 0 aliphatic carbocycles. The highest BCUT2D eigenvalue weighted by Crippen LogP contribution is 2.20. The monoisotopic (exact) mass is 326 g/mol. The number of nitrogens with zero attached hydrogens (tertiary/aromatic N) is 2. The van der Waals surface area contributed by atoms with Gasteiger partial charge in [-0.25, -0.2) is 4.68 Å². The van der Waals surface area contributed by atoms with E-state index in [0.717, 1.165) is 25.5 Å². The van der Waals surface area contributed by atoms with Crippen molar-refractivity contribution in [3.63, 3.8) is 0 Å². The zero-order valence-electron chi connectivity index (χ0n) is 11.6. The molecule has 9 heteroatoms. The van der Waals surface area contributed by atoms with Crippen LogP contribution < -0.4 is 16.6 Å². The highest BCUT2D eigenvalue weighted by atomic mass is 35.5. The predicted octanol–water partition coefficient (Wildman–Crippen LogP) is 2.39. The zero-order valence-corrected chi connectivity index (χ0v) is 12.3. The number of hydrogen-bond donors (Lipinski definition) is 2. The molecule has 0 aliphatic heterocycles. The Morgan fingerprint density at radius 1 is 1.52 bits per heavy atom. The minimum Gasteiger partial charge on any atom is -0.378 e. The Balaban J connectivity index is 2.91. The number of nitrogens with two attached hydrogens (primary N) is 1. The Morgan fingerprint density at radius 2 is 2.19 bits per heavy atom. The van der Waals surface area contributed by atoms with E-state index in [9.17, 15) is 18.0 Å². The van der Waals surface area contributed by atoms with E-state index < -0.39 is 18.3 Å². The molecule has 0 aliphatic rings. The number of halogens is 4. The summed E-state index contributed by atoms with van der Waals surface area (Å²) in [4.78, 5) is 11.7. The third-order valence-corrected chi connectivity index (χ3v) is 3.23. The van der Waals surface area contributed by atoms with E-state index in [1.54, 1.807) is 0 Å². The summed E-state index contributed by atoms with van der Waals surface area (Å²) >= 11 is 5.82. The van der Waals surface area contributed by atoms with Gasteiger partial charge in [0.1, 0.15) is 11.6 Å². The summed E-state index contributed by atoms with van der Waals surface area (Å²) in [6.07, 6.45) is -0.725. The molecule has 120 valence electrons. The van der Waals surface area contributed by atoms with E-state index in [1.807, 2.05) is 6.92 Å². The molecule has 0 saturated carbocycles. The summed E-state index contributed by atoms with van der Waals surface area (Å²) in [6, 6.07) is -0.109. The second-order valence-electron chi connectivity index (χ2n) is 4.67. The van der Waals surface area contributed by atoms with Crippen LogP contribution in [0.2, 0.25) is 5.02 Å². The molecule has 3 N–H and O–H groups in total. The summed E-state index contributed by atoms with van der Waals surface area (Å²) in [6.45, 7) is 0.879. The number of alkyl halides is 3. The van der Waals surface area contributed by atoms with Gasteiger partial charge in [-0.05, 0) is 6.42 Å². The zero-order chi connectivity index (χ0) is 16.0. The molecular weight excluding hydrogens is 309 g/mol. The summed E-state index contributed by atoms with van der Waals surface area (Å²) in [5, 5.41) is 6.12. The Morgan fingerprint density at radius 3 is 2.71 bits per heavy atom. The summed E-state index contributed by atoms with van der Waals surface area (Å²) in [5.41, 5.74) is 4.82. The first-order valence-electron chi connectivity index (χ1n) is 6.57. The van der Waals surface area contributed by atoms with Crippen molar-refractivity contribution in [2.24, 2.45) is 5.73 Å². The van der Waals surface area contributed by atoms with Crippen LogP contribution in [-0.2, 0) is 6.54 Å². The predicted molar refractivity (Wildman–Crippen MR) is 75.6 cm³/mol. The largest absolute Gasteiger partial charge is 0.408 e. The van der Waals surface area contributed by atoms with Crippen LogP contribution >= 0.6 is 11.6 Å². The first-order chi connectivity index (χ1) is 9.78. The van der Waals surface area contributed by atoms with Gasteiger partial charge in [-0.3, -0.25) is 4.79 Å². The fourth-order valence-corrected chi connectivity index (χ4v) is 1.97. The van der Waals surface area contributed by atoms with Crippen molar-refractivity contribution >= 4 is 17.3 Å². The average Bonchev–Trinajstić information content (AvgIpc) is 2.41. The van der Waals surface area contributed by atoms with E-state index in [0.29, 0.717) is 6.54 Å². The van der Waals surface area contributed by atoms with E-state index in [4.69, 9.17) is 17.3 Å². The van der Waals surface area contributed by atoms with Crippen LogP contribution in [0.5, 0.6) is 0 Å². The molecule has 0 radical (unpaired) electrons. The molecule has 1 atom stereocenters. The van der Waals surface area contributed by atoms with Crippen LogP contribution in [0.3, 0.4) is 0 Å². The molecule has 5 nitrogen and oxygen atoms in total. The highest BCUT2D eigenvalue weighted by Gasteiger charge is 2.29. The molecule has 0 saturated heterocycles. The van der Waals surface area contributed by atoms with Gasteiger partial charge in [0.2, 0.25) is 0 Å². The summed E-state index contributed by atoms with van der Waals surface area (Å²) in [7, 11) is 0. The van der Waals surface area contributed by atoms with Gasteiger partial charge < -0.3 is 11.1 Å². The lowest BCUT2D eigenvalue weighted by atomic mass is 10.1. The van der Waals surface area contributed by atoms with Gasteiger partial charge in [0.15, 0.2) is 0 Å². The molecule has 1 aromatic rings. The number of hydrogen-bond acceptors (Lipinski definition) is 4. The van der Waals surface area contributed by atoms with Crippen molar-refractivity contribution in [3.05, 3.63) is 21.6 Å². The van der Waals surface area contributed by atoms with Crippen LogP contribution in [0.25, 0.3) is 0 Å². The average molecular weight is 327 g/mol. The first kappa shape index (κ1) is 17.8. The lowest BCUT2D eigenvalue weighted by molar-refractivity contribution is -0.143. The van der Waals surface area contributed by atoms with Crippen molar-refractivity contribution in [1.82, 2.24) is 9.78 Å². The molecule has 0 aromatic carbocycles. The van der Waals surface area contributed by atoms with Crippen molar-refractivity contribution in [3.8, 4) is 0 Å². The molecule has 0 spiro atoms. The van der Waals surface area contributed by atoms with E-state index in [1.165, 1.54) is 0 Å². The highest BCUT2D eigenvalue weighted by molar-refractivity contribution is 6.32. The first-order valence-corrected chi connectivity index (χ1v) is 6.95. The molecule has 0 amide bonds. The molecule has 1 unspecified atom stereocenters. The topological polar surface area (TPSA) is 72.9 Å². The molecular formula is C12H18ClF3N4O. The molecule has 1 heterocycles. The quantitative estimate of drug-likeness (QED) is 0.807. The van der Waals surface area contributed by atoms with E-state index >= 15 is 0 Å². The minimum absolute atomic E-state index is 0.109. The smallest absolute Gasteiger partial charge is 0.378 e. The molecule has 21 heavy (non-hydrogen) atoms. The standard InChI is InChI=1S/C12H18ClF3N4O/c1-2-3-4-8(5-17)19-9-6-18-20(7-12(14,15)16)11(21)10(9)13/h6,8,19H,2-5,7,17H2,1H3. The van der Waals surface area contributed by atoms with Crippen molar-refractivity contribution in [2.45, 2.75) is 44.9 Å². The maximum absolute atomic E-state index is 12.3. The Kier molecular flexibility index (Phi) is 6.47. The number of rotatable bonds is 7. The lowest BCUT2D eigenvalue weighted by Gasteiger charge is -2.18. The van der Waals surface area contributed by atoms with Gasteiger partial charge in [0.25, 0.3) is 5.56 Å². The van der Waals surface area contributed by atoms with Gasteiger partial charge in [0, 0.05) is 12.6 Å². The maximum Gasteiger partial charge on any atom is 0.408 e. The third kappa shape index (κ3) is 5.55. The van der Waals surface area contributed by atoms with Crippen LogP contribution in [0.1, 0.15) is 26.2 Å². The Labute approximate surface area is 125 Å². The fraction of sp³-hybridized carbons (Fsp3) is 0.667. The summed E-state index contributed by atoms with van der Waals surface area (Å²) in [5.74, 6) is 0. The molecule has 0 fully saturated rings. The van der Waals surface area contributed by atoms with Crippen LogP contribution in [0.15, 0.2) is 11.0 Å². The maximum atomic E-state index is 12.3. The van der Waals surface area contributed by atoms with Crippen molar-refractivity contribution in [1.29, 1.82) is 0 Å². The fourth-order valence-electron chi connectivity index (χ4n) is 1.77. The third-order valence-electron chi connectivity index (χ3n) is 2.86. The second-order valence-corrected chi connectivity index (χ2v) is 5.05. The van der Waals surface area contributed by atoms with Crippen molar-refractivity contribution in [2.75, 3.05) is 11.9 Å². The minimum atomic E-state index is -4.53. The van der Waals surface area contributed by atoms with E-state index in [-0.39, 0.29) is 21.4 Å². The van der Waals surface area contributed by atoms with E-state index in [2.05, 4.69) is 10.4 Å². The van der Waals surface area contributed by atoms with Crippen LogP contribution in [-0.4, -0.2) is 28.5 Å². The SMILES string of the molecule is CCCCC(CN)Nc1cnn(CC(F)(F)F)c(=O)c1Cl. The van der Waals surface area contributed by atoms with Crippen LogP contribution in [0.4, 0.5) is 18.9 Å². The summed E-state index contributed by atoms with van der Waals surface area (Å²) < 4.78 is 37.1. The van der Waals surface area contributed by atoms with Gasteiger partial charge in [0.05, 0.1) is 11.9 Å². The van der Waals surface area contributed by atoms with Gasteiger partial charge in [-0.15, -0.1) is 0 Å². The number of nitrogens with one attached hydrogen (secondary N) is 1. The Hall–Kier alpha value is -1.28. The number of aromatic nitrogens is 2. The molecule has 0 bridgehead atoms. The molecule has 1 aromatic heterocycles. The normalized spacial score (nSPS) is 13.2.